The average molecular weight is 524 g/mol. The van der Waals surface area contributed by atoms with Crippen LogP contribution in [0.5, 0.6) is 0 Å². The summed E-state index contributed by atoms with van der Waals surface area (Å²) in [7, 11) is -3.78. The van der Waals surface area contributed by atoms with Gasteiger partial charge in [0.05, 0.1) is 5.56 Å². The molecule has 0 saturated carbocycles. The molecule has 0 radical (unpaired) electrons. The molecule has 3 aliphatic heterocycles. The second kappa shape index (κ2) is 9.22. The molecular weight excluding hydrogens is 496 g/mol. The van der Waals surface area contributed by atoms with Gasteiger partial charge in [0.25, 0.3) is 15.9 Å². The van der Waals surface area contributed by atoms with E-state index in [0.29, 0.717) is 6.42 Å². The van der Waals surface area contributed by atoms with Crippen LogP contribution in [0, 0.1) is 11.6 Å². The number of fused-ring (bicyclic) bond motifs is 4. The monoisotopic (exact) mass is 523 g/mol. The number of nitrogens with zero attached hydrogens (tertiary/aromatic N) is 3. The third-order valence-corrected chi connectivity index (χ3v) is 9.58. The van der Waals surface area contributed by atoms with E-state index in [1.165, 1.54) is 24.3 Å². The fraction of sp³-hybridized carbons (Fsp3) is 0.321. The molecule has 0 aromatic heterocycles. The summed E-state index contributed by atoms with van der Waals surface area (Å²) in [5.74, 6) is -0.907. The van der Waals surface area contributed by atoms with E-state index in [1.54, 1.807) is 36.4 Å². The number of halogens is 2. The maximum absolute atomic E-state index is 14.2. The number of hydrogen-bond acceptors (Lipinski definition) is 5. The molecule has 6 rings (SSSR count). The van der Waals surface area contributed by atoms with Crippen molar-refractivity contribution in [1.82, 2.24) is 9.21 Å². The van der Waals surface area contributed by atoms with E-state index in [2.05, 4.69) is 9.80 Å². The zero-order valence-electron chi connectivity index (χ0n) is 20.2. The van der Waals surface area contributed by atoms with Crippen molar-refractivity contribution in [3.63, 3.8) is 0 Å². The first-order chi connectivity index (χ1) is 17.8. The highest BCUT2D eigenvalue weighted by molar-refractivity contribution is 7.90. The minimum Gasteiger partial charge on any atom is -0.337 e. The Hall–Kier alpha value is -3.30. The third-order valence-electron chi connectivity index (χ3n) is 7.74. The van der Waals surface area contributed by atoms with Crippen molar-refractivity contribution >= 4 is 27.3 Å². The van der Waals surface area contributed by atoms with Gasteiger partial charge in [0.2, 0.25) is 0 Å². The van der Waals surface area contributed by atoms with E-state index in [-0.39, 0.29) is 40.6 Å². The number of likely N-dealkylation sites (tertiary alicyclic amines) is 1. The summed E-state index contributed by atoms with van der Waals surface area (Å²) in [6.45, 7) is 2.52. The van der Waals surface area contributed by atoms with Crippen LogP contribution in [-0.4, -0.2) is 55.8 Å². The number of piperidine rings is 1. The van der Waals surface area contributed by atoms with Crippen molar-refractivity contribution in [3.8, 4) is 0 Å². The summed E-state index contributed by atoms with van der Waals surface area (Å²) in [5.41, 5.74) is 3.06. The van der Waals surface area contributed by atoms with Crippen LogP contribution in [0.15, 0.2) is 71.6 Å². The molecule has 9 heteroatoms. The fourth-order valence-corrected chi connectivity index (χ4v) is 7.63. The highest BCUT2D eigenvalue weighted by Crippen LogP contribution is 2.48. The van der Waals surface area contributed by atoms with Gasteiger partial charge in [-0.05, 0) is 86.0 Å². The Balaban J connectivity index is 1.11. The van der Waals surface area contributed by atoms with Gasteiger partial charge in [-0.15, -0.1) is 0 Å². The summed E-state index contributed by atoms with van der Waals surface area (Å²) >= 11 is 0. The summed E-state index contributed by atoms with van der Waals surface area (Å²) in [4.78, 5) is 17.2. The van der Waals surface area contributed by atoms with Crippen LogP contribution in [0.1, 0.15) is 41.1 Å². The first kappa shape index (κ1) is 24.1. The molecular formula is C28H27F2N3O3S. The molecule has 3 heterocycles. The lowest BCUT2D eigenvalue weighted by atomic mass is 9.89. The van der Waals surface area contributed by atoms with Crippen molar-refractivity contribution in [2.75, 3.05) is 31.1 Å². The Morgan fingerprint density at radius 1 is 0.892 bits per heavy atom. The van der Waals surface area contributed by atoms with Crippen LogP contribution < -0.4 is 4.90 Å². The molecule has 0 aliphatic carbocycles. The van der Waals surface area contributed by atoms with Gasteiger partial charge in [-0.25, -0.2) is 21.5 Å². The molecule has 1 saturated heterocycles. The Morgan fingerprint density at radius 2 is 1.62 bits per heavy atom. The van der Waals surface area contributed by atoms with E-state index < -0.39 is 15.9 Å². The molecule has 3 aliphatic rings. The predicted molar refractivity (Wildman–Crippen MR) is 136 cm³/mol. The lowest BCUT2D eigenvalue weighted by Crippen LogP contribution is -2.45. The zero-order valence-corrected chi connectivity index (χ0v) is 21.0. The van der Waals surface area contributed by atoms with Gasteiger partial charge < -0.3 is 9.80 Å². The third kappa shape index (κ3) is 4.10. The molecule has 1 amide bonds. The average Bonchev–Trinajstić information content (AvgIpc) is 3.31. The number of benzene rings is 3. The second-order valence-corrected chi connectivity index (χ2v) is 11.7. The van der Waals surface area contributed by atoms with Gasteiger partial charge in [-0.1, -0.05) is 12.1 Å². The molecule has 1 fully saturated rings. The van der Waals surface area contributed by atoms with Gasteiger partial charge in [-0.2, -0.15) is 0 Å². The van der Waals surface area contributed by atoms with Crippen LogP contribution in [0.3, 0.4) is 0 Å². The van der Waals surface area contributed by atoms with Gasteiger partial charge in [0.15, 0.2) is 0 Å². The molecule has 0 spiro atoms. The number of carbonyl (C=O) groups excluding carboxylic acids is 1. The number of unbranched alkanes of at least 4 members (excludes halogenated alkanes) is 1. The van der Waals surface area contributed by atoms with Crippen molar-refractivity contribution < 1.29 is 22.0 Å². The van der Waals surface area contributed by atoms with E-state index >= 15 is 0 Å². The van der Waals surface area contributed by atoms with Crippen molar-refractivity contribution in [2.24, 2.45) is 0 Å². The first-order valence-corrected chi connectivity index (χ1v) is 14.0. The summed E-state index contributed by atoms with van der Waals surface area (Å²) < 4.78 is 54.3. The molecule has 3 aromatic carbocycles. The molecule has 2 atom stereocenters. The summed E-state index contributed by atoms with van der Waals surface area (Å²) in [6.07, 6.45) is 2.17. The SMILES string of the molecule is O=C1c2ccccc2S(=O)(=O)N1CCCCN1CCC2C(C1)c1cc(F)ccc1N2c1ccc(F)cc1. The molecule has 0 N–H and O–H groups in total. The molecule has 192 valence electrons. The molecule has 2 unspecified atom stereocenters. The van der Waals surface area contributed by atoms with Gasteiger partial charge in [-0.3, -0.25) is 4.79 Å². The van der Waals surface area contributed by atoms with Crippen molar-refractivity contribution in [2.45, 2.75) is 36.1 Å². The number of rotatable bonds is 6. The minimum absolute atomic E-state index is 0.0833. The normalized spacial score (nSPS) is 22.2. The number of amides is 1. The standard InChI is InChI=1S/C28H27F2N3O3S/c29-19-7-10-21(11-8-19)33-25-12-9-20(30)17-23(25)24-18-31(16-13-26(24)33)14-3-4-15-32-28(34)22-5-1-2-6-27(22)37(32,35)36/h1-2,5-12,17,24,26H,3-4,13-16,18H2. The Bertz CT molecular complexity index is 1460. The molecule has 3 aromatic rings. The van der Waals surface area contributed by atoms with E-state index in [9.17, 15) is 22.0 Å². The number of carbonyl (C=O) groups is 1. The molecule has 6 nitrogen and oxygen atoms in total. The number of hydrogen-bond donors (Lipinski definition) is 0. The second-order valence-electron chi connectivity index (χ2n) is 9.90. The number of anilines is 2. The lowest BCUT2D eigenvalue weighted by molar-refractivity contribution is 0.0868. The van der Waals surface area contributed by atoms with E-state index in [4.69, 9.17) is 0 Å². The smallest absolute Gasteiger partial charge is 0.269 e. The Labute approximate surface area is 215 Å². The summed E-state index contributed by atoms with van der Waals surface area (Å²) in [6, 6.07) is 17.8. The fourth-order valence-electron chi connectivity index (χ4n) is 6.02. The lowest BCUT2D eigenvalue weighted by Gasteiger charge is -2.39. The van der Waals surface area contributed by atoms with Crippen LogP contribution in [0.2, 0.25) is 0 Å². The summed E-state index contributed by atoms with van der Waals surface area (Å²) in [5, 5.41) is 0. The molecule has 0 bridgehead atoms. The highest BCUT2D eigenvalue weighted by atomic mass is 32.2. The van der Waals surface area contributed by atoms with Crippen molar-refractivity contribution in [3.05, 3.63) is 89.5 Å². The maximum Gasteiger partial charge on any atom is 0.269 e. The Morgan fingerprint density at radius 3 is 2.41 bits per heavy atom. The van der Waals surface area contributed by atoms with Crippen LogP contribution in [-0.2, 0) is 10.0 Å². The van der Waals surface area contributed by atoms with E-state index in [1.807, 2.05) is 6.07 Å². The number of sulfonamides is 1. The van der Waals surface area contributed by atoms with Crippen LogP contribution >= 0.6 is 0 Å². The van der Waals surface area contributed by atoms with Crippen LogP contribution in [0.25, 0.3) is 0 Å². The quantitative estimate of drug-likeness (QED) is 0.430. The van der Waals surface area contributed by atoms with Gasteiger partial charge >= 0.3 is 0 Å². The first-order valence-electron chi connectivity index (χ1n) is 12.6. The minimum atomic E-state index is -3.78. The molecule has 37 heavy (non-hydrogen) atoms. The van der Waals surface area contributed by atoms with Crippen LogP contribution in [0.4, 0.5) is 20.2 Å². The predicted octanol–water partition coefficient (Wildman–Crippen LogP) is 4.90. The van der Waals surface area contributed by atoms with Gasteiger partial charge in [0.1, 0.15) is 16.5 Å². The topological polar surface area (TPSA) is 60.9 Å². The maximum atomic E-state index is 14.2. The van der Waals surface area contributed by atoms with Gasteiger partial charge in [0, 0.05) is 43.0 Å². The Kier molecular flexibility index (Phi) is 6.00. The van der Waals surface area contributed by atoms with E-state index in [0.717, 1.165) is 53.7 Å². The van der Waals surface area contributed by atoms with Crippen molar-refractivity contribution in [1.29, 1.82) is 0 Å². The highest BCUT2D eigenvalue weighted by Gasteiger charge is 2.43. The zero-order chi connectivity index (χ0) is 25.7. The largest absolute Gasteiger partial charge is 0.337 e.